The second kappa shape index (κ2) is 14.4. The van der Waals surface area contributed by atoms with Gasteiger partial charge < -0.3 is 41.7 Å². The molecule has 3 atom stereocenters. The Kier molecular flexibility index (Phi) is 11.8. The molecule has 0 aliphatic heterocycles. The topological polar surface area (TPSA) is 247 Å². The van der Waals surface area contributed by atoms with Crippen molar-refractivity contribution in [3.05, 3.63) is 16.7 Å². The van der Waals surface area contributed by atoms with Crippen molar-refractivity contribution in [1.29, 1.82) is 0 Å². The first-order chi connectivity index (χ1) is 19.1. The number of ether oxygens (including phenoxy) is 3. The van der Waals surface area contributed by atoms with Gasteiger partial charge in [0, 0.05) is 6.54 Å². The van der Waals surface area contributed by atoms with Crippen LogP contribution in [0.5, 0.6) is 0 Å². The highest BCUT2D eigenvalue weighted by Gasteiger charge is 2.38. The molecule has 0 aliphatic carbocycles. The summed E-state index contributed by atoms with van der Waals surface area (Å²) in [5, 5.41) is 0. The Bertz CT molecular complexity index is 1180. The average molecular weight is 581 g/mol. The highest BCUT2D eigenvalue weighted by molar-refractivity contribution is 5.77. The zero-order valence-corrected chi connectivity index (χ0v) is 24.6. The van der Waals surface area contributed by atoms with E-state index in [9.17, 15) is 19.2 Å². The summed E-state index contributed by atoms with van der Waals surface area (Å²) < 4.78 is 18.3. The Balaban J connectivity index is 2.45. The van der Waals surface area contributed by atoms with Crippen molar-refractivity contribution in [2.45, 2.75) is 72.6 Å². The Morgan fingerprint density at radius 1 is 0.854 bits per heavy atom. The van der Waals surface area contributed by atoms with Gasteiger partial charge >= 0.3 is 17.9 Å². The van der Waals surface area contributed by atoms with Gasteiger partial charge in [0.05, 0.1) is 11.7 Å². The number of nitrogens with zero attached hydrogens (tertiary/aromatic N) is 3. The van der Waals surface area contributed by atoms with Gasteiger partial charge in [-0.3, -0.25) is 24.2 Å². The molecule has 0 amide bonds. The van der Waals surface area contributed by atoms with Gasteiger partial charge in [-0.15, -0.1) is 0 Å². The highest BCUT2D eigenvalue weighted by Crippen LogP contribution is 2.28. The molecule has 230 valence electrons. The predicted octanol–water partition coefficient (Wildman–Crippen LogP) is -0.342. The summed E-state index contributed by atoms with van der Waals surface area (Å²) in [6, 6.07) is -2.71. The molecule has 0 spiro atoms. The van der Waals surface area contributed by atoms with Crippen LogP contribution >= 0.6 is 0 Å². The molecule has 2 aromatic heterocycles. The van der Waals surface area contributed by atoms with Crippen LogP contribution in [0.2, 0.25) is 0 Å². The SMILES string of the molecule is CC(C)[C@@H](N)C(=O)OCC(CCn1cnc2c(=O)[nH]c(N)nc21)(COC(=O)[C@H](N)C(C)C)COC(=O)[C@H](N)C(C)C. The normalized spacial score (nSPS) is 14.3. The standard InChI is InChI=1S/C26H44N8O7/c1-13(2)16(27)22(36)39-9-26(10-40-23(37)17(28)14(3)4,11-41-24(38)18(29)15(5)6)7-8-34-12-31-19-20(34)32-25(30)33-21(19)35/h12-18H,7-11,27-29H2,1-6H3,(H3,30,32,33,35)/t16-,17-,18-/m1/s1. The van der Waals surface area contributed by atoms with Crippen LogP contribution in [0.3, 0.4) is 0 Å². The molecule has 2 heterocycles. The molecule has 9 N–H and O–H groups in total. The highest BCUT2D eigenvalue weighted by atomic mass is 16.6. The fourth-order valence-corrected chi connectivity index (χ4v) is 3.61. The summed E-state index contributed by atoms with van der Waals surface area (Å²) in [7, 11) is 0. The fourth-order valence-electron chi connectivity index (χ4n) is 3.61. The van der Waals surface area contributed by atoms with Gasteiger partial charge in [-0.05, 0) is 24.2 Å². The molecule has 0 saturated carbocycles. The summed E-state index contributed by atoms with van der Waals surface area (Å²) in [5.74, 6) is -2.72. The van der Waals surface area contributed by atoms with E-state index in [1.165, 1.54) is 6.33 Å². The molecule has 0 saturated heterocycles. The number of esters is 3. The minimum atomic E-state index is -1.26. The van der Waals surface area contributed by atoms with Gasteiger partial charge in [0.25, 0.3) is 5.56 Å². The second-order valence-corrected chi connectivity index (χ2v) is 11.4. The third-order valence-electron chi connectivity index (χ3n) is 6.91. The van der Waals surface area contributed by atoms with Gasteiger partial charge in [0.1, 0.15) is 37.9 Å². The van der Waals surface area contributed by atoms with E-state index in [1.807, 2.05) is 0 Å². The largest absolute Gasteiger partial charge is 0.464 e. The number of aromatic amines is 1. The van der Waals surface area contributed by atoms with Crippen molar-refractivity contribution in [2.75, 3.05) is 25.6 Å². The zero-order chi connectivity index (χ0) is 31.1. The summed E-state index contributed by atoms with van der Waals surface area (Å²) in [5.41, 5.74) is 22.2. The van der Waals surface area contributed by atoms with Gasteiger partial charge in [0.15, 0.2) is 11.2 Å². The van der Waals surface area contributed by atoms with Gasteiger partial charge in [-0.25, -0.2) is 4.98 Å². The quantitative estimate of drug-likeness (QED) is 0.134. The summed E-state index contributed by atoms with van der Waals surface area (Å²) in [4.78, 5) is 61.0. The number of anilines is 1. The van der Waals surface area contributed by atoms with Crippen LogP contribution in [0.4, 0.5) is 5.95 Å². The van der Waals surface area contributed by atoms with Crippen LogP contribution in [-0.4, -0.2) is 75.4 Å². The smallest absolute Gasteiger partial charge is 0.323 e. The molecule has 15 nitrogen and oxygen atoms in total. The summed E-state index contributed by atoms with van der Waals surface area (Å²) in [6.07, 6.45) is 1.52. The Morgan fingerprint density at radius 3 is 1.66 bits per heavy atom. The monoisotopic (exact) mass is 580 g/mol. The molecule has 15 heteroatoms. The molecule has 0 aromatic carbocycles. The molecule has 2 aromatic rings. The molecule has 0 radical (unpaired) electrons. The number of H-pyrrole nitrogens is 1. The number of carbonyl (C=O) groups is 3. The van der Waals surface area contributed by atoms with E-state index in [-0.39, 0.29) is 67.7 Å². The van der Waals surface area contributed by atoms with Crippen LogP contribution in [0.1, 0.15) is 48.0 Å². The molecule has 41 heavy (non-hydrogen) atoms. The maximum absolute atomic E-state index is 12.7. The first-order valence-corrected chi connectivity index (χ1v) is 13.6. The number of hydrogen-bond donors (Lipinski definition) is 5. The number of fused-ring (bicyclic) bond motifs is 1. The van der Waals surface area contributed by atoms with Crippen molar-refractivity contribution in [2.24, 2.45) is 40.4 Å². The number of rotatable bonds is 15. The first-order valence-electron chi connectivity index (χ1n) is 13.6. The number of nitrogens with one attached hydrogen (secondary N) is 1. The van der Waals surface area contributed by atoms with E-state index in [0.717, 1.165) is 0 Å². The predicted molar refractivity (Wildman–Crippen MR) is 151 cm³/mol. The molecule has 0 bridgehead atoms. The third kappa shape index (κ3) is 8.96. The van der Waals surface area contributed by atoms with E-state index in [2.05, 4.69) is 15.0 Å². The Hall–Kier alpha value is -3.56. The van der Waals surface area contributed by atoms with Crippen LogP contribution in [0, 0.1) is 23.2 Å². The Labute approximate surface area is 238 Å². The number of carbonyl (C=O) groups excluding carboxylic acids is 3. The minimum Gasteiger partial charge on any atom is -0.464 e. The lowest BCUT2D eigenvalue weighted by molar-refractivity contribution is -0.165. The molecule has 2 rings (SSSR count). The minimum absolute atomic E-state index is 0.0720. The third-order valence-corrected chi connectivity index (χ3v) is 6.91. The number of hydrogen-bond acceptors (Lipinski definition) is 13. The van der Waals surface area contributed by atoms with E-state index in [4.69, 9.17) is 37.1 Å². The number of nitrogen functional groups attached to an aromatic ring is 1. The lowest BCUT2D eigenvalue weighted by Crippen LogP contribution is -2.46. The molecular formula is C26H44N8O7. The van der Waals surface area contributed by atoms with E-state index in [0.29, 0.717) is 0 Å². The van der Waals surface area contributed by atoms with Crippen LogP contribution in [0.15, 0.2) is 11.1 Å². The van der Waals surface area contributed by atoms with E-state index >= 15 is 0 Å². The zero-order valence-electron chi connectivity index (χ0n) is 24.6. The molecule has 0 fully saturated rings. The van der Waals surface area contributed by atoms with Crippen LogP contribution in [-0.2, 0) is 35.1 Å². The maximum Gasteiger partial charge on any atom is 0.323 e. The molecule has 0 unspecified atom stereocenters. The number of imidazole rings is 1. The lowest BCUT2D eigenvalue weighted by atomic mass is 9.86. The summed E-state index contributed by atoms with van der Waals surface area (Å²) >= 11 is 0. The maximum atomic E-state index is 12.7. The van der Waals surface area contributed by atoms with Crippen molar-refractivity contribution in [3.8, 4) is 0 Å². The van der Waals surface area contributed by atoms with Gasteiger partial charge in [-0.2, -0.15) is 4.98 Å². The van der Waals surface area contributed by atoms with Crippen molar-refractivity contribution in [1.82, 2.24) is 19.5 Å². The number of aryl methyl sites for hydroxylation is 1. The van der Waals surface area contributed by atoms with E-state index in [1.54, 1.807) is 46.1 Å². The van der Waals surface area contributed by atoms with Gasteiger partial charge in [-0.1, -0.05) is 41.5 Å². The first kappa shape index (κ1) is 33.6. The van der Waals surface area contributed by atoms with Crippen molar-refractivity contribution < 1.29 is 28.6 Å². The number of nitrogens with two attached hydrogens (primary N) is 4. The fraction of sp³-hybridized carbons (Fsp3) is 0.692. The molecular weight excluding hydrogens is 536 g/mol. The lowest BCUT2D eigenvalue weighted by Gasteiger charge is -2.34. The van der Waals surface area contributed by atoms with E-state index < -0.39 is 47.0 Å². The van der Waals surface area contributed by atoms with Crippen LogP contribution < -0.4 is 28.5 Å². The summed E-state index contributed by atoms with van der Waals surface area (Å²) in [6.45, 7) is 9.82. The van der Waals surface area contributed by atoms with Crippen molar-refractivity contribution in [3.63, 3.8) is 0 Å². The number of aromatic nitrogens is 4. The molecule has 0 aliphatic rings. The average Bonchev–Trinajstić information content (AvgIpc) is 3.33. The second-order valence-electron chi connectivity index (χ2n) is 11.4. The van der Waals surface area contributed by atoms with Crippen molar-refractivity contribution >= 4 is 35.0 Å². The van der Waals surface area contributed by atoms with Crippen LogP contribution in [0.25, 0.3) is 11.2 Å². The van der Waals surface area contributed by atoms with Gasteiger partial charge in [0.2, 0.25) is 5.95 Å². The Morgan fingerprint density at radius 2 is 1.27 bits per heavy atom.